The first-order chi connectivity index (χ1) is 14.6. The number of ether oxygens (including phenoxy) is 3. The van der Waals surface area contributed by atoms with Crippen LogP contribution in [0.2, 0.25) is 0 Å². The first kappa shape index (κ1) is 21.5. The summed E-state index contributed by atoms with van der Waals surface area (Å²) in [6.45, 7) is 8.31. The quantitative estimate of drug-likeness (QED) is 0.724. The number of hydrogen-bond donors (Lipinski definition) is 1. The number of aliphatic hydroxyl groups is 1. The highest BCUT2D eigenvalue weighted by Gasteiger charge is 2.71. The van der Waals surface area contributed by atoms with E-state index >= 15 is 0 Å². The highest BCUT2D eigenvalue weighted by atomic mass is 16.9. The molecule has 4 aliphatic carbocycles. The predicted molar refractivity (Wildman–Crippen MR) is 113 cm³/mol. The third-order valence-electron chi connectivity index (χ3n) is 9.30. The number of hydrogen-bond acceptors (Lipinski definition) is 6. The van der Waals surface area contributed by atoms with Crippen LogP contribution in [0.5, 0.6) is 0 Å². The molecule has 1 unspecified atom stereocenters. The second kappa shape index (κ2) is 6.83. The highest BCUT2D eigenvalue weighted by molar-refractivity contribution is 6.01. The molecule has 1 N–H and O–H groups in total. The minimum atomic E-state index is -1.25. The van der Waals surface area contributed by atoms with Crippen molar-refractivity contribution < 1.29 is 28.9 Å². The number of aliphatic hydroxyl groups excluding tert-OH is 1. The largest absolute Gasteiger partial charge is 0.393 e. The smallest absolute Gasteiger partial charge is 0.281 e. The summed E-state index contributed by atoms with van der Waals surface area (Å²) in [6, 6.07) is 0. The molecule has 1 aliphatic heterocycles. The molecule has 1 spiro atoms. The van der Waals surface area contributed by atoms with E-state index in [0.717, 1.165) is 24.8 Å². The molecule has 6 heteroatoms. The van der Waals surface area contributed by atoms with E-state index in [2.05, 4.69) is 13.8 Å². The maximum absolute atomic E-state index is 13.3. The van der Waals surface area contributed by atoms with Crippen LogP contribution in [0.25, 0.3) is 0 Å². The van der Waals surface area contributed by atoms with E-state index in [9.17, 15) is 14.7 Å². The molecule has 5 rings (SSSR count). The Morgan fingerprint density at radius 1 is 1.23 bits per heavy atom. The van der Waals surface area contributed by atoms with Gasteiger partial charge in [-0.15, -0.1) is 0 Å². The zero-order chi connectivity index (χ0) is 22.2. The van der Waals surface area contributed by atoms with E-state index in [0.29, 0.717) is 19.4 Å². The van der Waals surface area contributed by atoms with Crippen LogP contribution in [0.15, 0.2) is 23.8 Å². The Morgan fingerprint density at radius 3 is 2.74 bits per heavy atom. The van der Waals surface area contributed by atoms with E-state index in [-0.39, 0.29) is 41.3 Å². The van der Waals surface area contributed by atoms with Crippen LogP contribution in [0, 0.1) is 28.6 Å². The van der Waals surface area contributed by atoms with Gasteiger partial charge in [0.05, 0.1) is 6.10 Å². The van der Waals surface area contributed by atoms with Crippen molar-refractivity contribution in [1.82, 2.24) is 0 Å². The fourth-order valence-electron chi connectivity index (χ4n) is 7.99. The van der Waals surface area contributed by atoms with Gasteiger partial charge in [0.1, 0.15) is 12.2 Å². The summed E-state index contributed by atoms with van der Waals surface area (Å²) in [5.74, 6) is -0.672. The van der Waals surface area contributed by atoms with Gasteiger partial charge >= 0.3 is 0 Å². The summed E-state index contributed by atoms with van der Waals surface area (Å²) in [6.07, 6.45) is 8.65. The first-order valence-electron chi connectivity index (χ1n) is 11.7. The summed E-state index contributed by atoms with van der Waals surface area (Å²) < 4.78 is 17.9. The molecular formula is C25H34O6. The lowest BCUT2D eigenvalue weighted by Crippen LogP contribution is -2.67. The van der Waals surface area contributed by atoms with Crippen molar-refractivity contribution in [3.8, 4) is 0 Å². The average Bonchev–Trinajstić information content (AvgIpc) is 2.98. The summed E-state index contributed by atoms with van der Waals surface area (Å²) in [5.41, 5.74) is -0.660. The molecule has 6 nitrogen and oxygen atoms in total. The molecule has 1 heterocycles. The molecule has 0 aromatic heterocycles. The van der Waals surface area contributed by atoms with Gasteiger partial charge in [-0.25, -0.2) is 0 Å². The summed E-state index contributed by atoms with van der Waals surface area (Å²) in [4.78, 5) is 25.3. The Bertz CT molecular complexity index is 877. The topological polar surface area (TPSA) is 82.1 Å². The minimum absolute atomic E-state index is 0.0293. The number of Topliss-reactive ketones (excluding diaryl/α,β-unsaturated/α-hetero) is 1. The Kier molecular flexibility index (Phi) is 4.74. The first-order valence-corrected chi connectivity index (χ1v) is 11.7. The maximum Gasteiger partial charge on any atom is 0.281 e. The number of carbonyl (C=O) groups is 2. The number of ketones is 2. The van der Waals surface area contributed by atoms with Crippen LogP contribution in [0.1, 0.15) is 59.8 Å². The third-order valence-corrected chi connectivity index (χ3v) is 9.30. The van der Waals surface area contributed by atoms with Gasteiger partial charge in [-0.2, -0.15) is 0 Å². The number of allylic oxidation sites excluding steroid dienone is 4. The maximum atomic E-state index is 13.3. The molecule has 5 aliphatic rings. The van der Waals surface area contributed by atoms with Crippen molar-refractivity contribution in [2.24, 2.45) is 28.6 Å². The molecule has 8 atom stereocenters. The van der Waals surface area contributed by atoms with Gasteiger partial charge in [-0.1, -0.05) is 25.5 Å². The Labute approximate surface area is 184 Å². The van der Waals surface area contributed by atoms with Gasteiger partial charge in [0.25, 0.3) is 5.97 Å². The lowest BCUT2D eigenvalue weighted by molar-refractivity contribution is -0.420. The molecule has 0 aromatic rings. The summed E-state index contributed by atoms with van der Waals surface area (Å²) in [7, 11) is 0. The van der Waals surface area contributed by atoms with Crippen molar-refractivity contribution in [1.29, 1.82) is 0 Å². The fraction of sp³-hybridized carbons (Fsp3) is 0.760. The average molecular weight is 431 g/mol. The SMILES string of the molecule is CCOC1(C)OCC(=O)[C@]2(CC[C@H]3[C@@H]4CCC5=CC(=O)C=C[C@]5(C)[C@H]4[C@@H](O)C[C@@]32C)O1. The van der Waals surface area contributed by atoms with Gasteiger partial charge < -0.3 is 19.3 Å². The van der Waals surface area contributed by atoms with E-state index in [1.165, 1.54) is 0 Å². The zero-order valence-corrected chi connectivity index (χ0v) is 19.0. The molecule has 0 amide bonds. The predicted octanol–water partition coefficient (Wildman–Crippen LogP) is 3.33. The van der Waals surface area contributed by atoms with Crippen LogP contribution in [-0.2, 0) is 23.8 Å². The van der Waals surface area contributed by atoms with Crippen LogP contribution in [0.4, 0.5) is 0 Å². The lowest BCUT2D eigenvalue weighted by Gasteiger charge is -2.61. The van der Waals surface area contributed by atoms with Gasteiger partial charge in [-0.3, -0.25) is 9.59 Å². The van der Waals surface area contributed by atoms with Crippen molar-refractivity contribution in [3.63, 3.8) is 0 Å². The zero-order valence-electron chi connectivity index (χ0n) is 19.0. The van der Waals surface area contributed by atoms with Gasteiger partial charge in [-0.05, 0) is 63.0 Å². The van der Waals surface area contributed by atoms with Crippen LogP contribution < -0.4 is 0 Å². The molecule has 170 valence electrons. The van der Waals surface area contributed by atoms with Crippen LogP contribution in [0.3, 0.4) is 0 Å². The summed E-state index contributed by atoms with van der Waals surface area (Å²) in [5, 5.41) is 11.5. The highest BCUT2D eigenvalue weighted by Crippen LogP contribution is 2.68. The third kappa shape index (κ3) is 2.78. The molecule has 0 aromatic carbocycles. The molecule has 4 fully saturated rings. The number of carbonyl (C=O) groups excluding carboxylic acids is 2. The Morgan fingerprint density at radius 2 is 2.00 bits per heavy atom. The molecule has 31 heavy (non-hydrogen) atoms. The van der Waals surface area contributed by atoms with Crippen LogP contribution >= 0.6 is 0 Å². The van der Waals surface area contributed by atoms with Crippen LogP contribution in [-0.4, -0.2) is 47.6 Å². The van der Waals surface area contributed by atoms with Gasteiger partial charge in [0.2, 0.25) is 0 Å². The van der Waals surface area contributed by atoms with E-state index in [1.807, 2.05) is 13.0 Å². The molecule has 0 radical (unpaired) electrons. The van der Waals surface area contributed by atoms with Crippen molar-refractivity contribution in [2.75, 3.05) is 13.2 Å². The van der Waals surface area contributed by atoms with Crippen molar-refractivity contribution in [2.45, 2.75) is 77.5 Å². The number of rotatable bonds is 2. The van der Waals surface area contributed by atoms with E-state index in [1.54, 1.807) is 19.1 Å². The standard InChI is InChI=1S/C25H34O6/c1-5-29-24(4)30-14-20(28)25(31-24)11-9-18-17-7-6-15-12-16(26)8-10-22(15,2)21(17)19(27)13-23(18,25)3/h8,10,12,17-19,21,27H,5-7,9,11,13-14H2,1-4H3/t17-,18-,19-,21+,22-,23-,24?,25-/m0/s1. The molecule has 0 bridgehead atoms. The van der Waals surface area contributed by atoms with Crippen molar-refractivity contribution in [3.05, 3.63) is 23.8 Å². The second-order valence-electron chi connectivity index (χ2n) is 10.7. The molecule has 3 saturated carbocycles. The molecule has 1 saturated heterocycles. The molecular weight excluding hydrogens is 396 g/mol. The Balaban J connectivity index is 1.53. The normalized spacial score (nSPS) is 51.3. The fourth-order valence-corrected chi connectivity index (χ4v) is 7.99. The second-order valence-corrected chi connectivity index (χ2v) is 10.7. The Hall–Kier alpha value is -1.34. The number of fused-ring (bicyclic) bond motifs is 6. The summed E-state index contributed by atoms with van der Waals surface area (Å²) >= 11 is 0. The van der Waals surface area contributed by atoms with Crippen molar-refractivity contribution >= 4 is 11.6 Å². The van der Waals surface area contributed by atoms with Gasteiger partial charge in [0, 0.05) is 30.3 Å². The van der Waals surface area contributed by atoms with E-state index < -0.39 is 23.1 Å². The monoisotopic (exact) mass is 430 g/mol. The van der Waals surface area contributed by atoms with Gasteiger partial charge in [0.15, 0.2) is 11.6 Å². The van der Waals surface area contributed by atoms with E-state index in [4.69, 9.17) is 14.2 Å². The minimum Gasteiger partial charge on any atom is -0.393 e. The lowest BCUT2D eigenvalue weighted by atomic mass is 9.46.